The van der Waals surface area contributed by atoms with Crippen LogP contribution in [0.3, 0.4) is 0 Å². The zero-order valence-electron chi connectivity index (χ0n) is 17.4. The number of amides is 2. The van der Waals surface area contributed by atoms with Crippen molar-refractivity contribution in [3.05, 3.63) is 116 Å². The Bertz CT molecular complexity index is 1360. The third-order valence-electron chi connectivity index (χ3n) is 4.99. The summed E-state index contributed by atoms with van der Waals surface area (Å²) in [5.74, 6) is -0.871. The number of anilines is 2. The molecule has 0 saturated carbocycles. The number of carbonyl (C=O) groups excluding carboxylic acids is 2. The highest BCUT2D eigenvalue weighted by atomic mass is 16.6. The second kappa shape index (κ2) is 9.17. The van der Waals surface area contributed by atoms with E-state index in [1.807, 2.05) is 0 Å². The molecule has 34 heavy (non-hydrogen) atoms. The van der Waals surface area contributed by atoms with Gasteiger partial charge in [0.2, 0.25) is 0 Å². The Hall–Kier alpha value is -5.12. The van der Waals surface area contributed by atoms with Crippen molar-refractivity contribution in [3.63, 3.8) is 0 Å². The van der Waals surface area contributed by atoms with E-state index in [9.17, 15) is 29.8 Å². The molecule has 4 rings (SSSR count). The van der Waals surface area contributed by atoms with Gasteiger partial charge in [0.25, 0.3) is 23.2 Å². The third kappa shape index (κ3) is 4.86. The predicted molar refractivity (Wildman–Crippen MR) is 126 cm³/mol. The van der Waals surface area contributed by atoms with Crippen molar-refractivity contribution in [1.82, 2.24) is 0 Å². The van der Waals surface area contributed by atoms with Crippen molar-refractivity contribution in [2.75, 3.05) is 10.6 Å². The molecule has 0 bridgehead atoms. The molecule has 10 nitrogen and oxygen atoms in total. The van der Waals surface area contributed by atoms with E-state index in [2.05, 4.69) is 10.6 Å². The van der Waals surface area contributed by atoms with E-state index in [-0.39, 0.29) is 11.4 Å². The van der Waals surface area contributed by atoms with Crippen LogP contribution in [0.15, 0.2) is 84.9 Å². The Labute approximate surface area is 192 Å². The summed E-state index contributed by atoms with van der Waals surface area (Å²) in [6.07, 6.45) is 0. The van der Waals surface area contributed by atoms with Gasteiger partial charge in [0.05, 0.1) is 9.85 Å². The number of nitrogens with zero attached hydrogens (tertiary/aromatic N) is 2. The molecule has 0 spiro atoms. The molecule has 0 heterocycles. The molecule has 0 radical (unpaired) electrons. The number of fused-ring (bicyclic) bond motifs is 1. The van der Waals surface area contributed by atoms with Crippen molar-refractivity contribution >= 4 is 45.3 Å². The molecule has 168 valence electrons. The van der Waals surface area contributed by atoms with Crippen LogP contribution in [0.4, 0.5) is 22.7 Å². The zero-order valence-corrected chi connectivity index (χ0v) is 17.4. The number of nitro benzene ring substituents is 2. The fraction of sp³-hybridized carbons (Fsp3) is 0. The van der Waals surface area contributed by atoms with Crippen LogP contribution in [0, 0.1) is 20.2 Å². The minimum absolute atomic E-state index is 0.132. The summed E-state index contributed by atoms with van der Waals surface area (Å²) >= 11 is 0. The molecule has 2 amide bonds. The zero-order chi connectivity index (χ0) is 24.2. The van der Waals surface area contributed by atoms with E-state index in [0.717, 1.165) is 0 Å². The van der Waals surface area contributed by atoms with Crippen LogP contribution in [0.5, 0.6) is 0 Å². The minimum atomic E-state index is -0.543. The predicted octanol–water partition coefficient (Wildman–Crippen LogP) is 5.16. The van der Waals surface area contributed by atoms with Gasteiger partial charge in [-0.15, -0.1) is 0 Å². The molecule has 4 aromatic rings. The molecule has 2 N–H and O–H groups in total. The summed E-state index contributed by atoms with van der Waals surface area (Å²) in [4.78, 5) is 45.9. The number of nitro groups is 2. The topological polar surface area (TPSA) is 144 Å². The first kappa shape index (κ1) is 22.1. The van der Waals surface area contributed by atoms with Crippen LogP contribution >= 0.6 is 0 Å². The first-order valence-corrected chi connectivity index (χ1v) is 9.95. The Balaban J connectivity index is 1.51. The van der Waals surface area contributed by atoms with Gasteiger partial charge in [-0.25, -0.2) is 0 Å². The van der Waals surface area contributed by atoms with E-state index in [4.69, 9.17) is 0 Å². The van der Waals surface area contributed by atoms with Crippen LogP contribution in [0.2, 0.25) is 0 Å². The van der Waals surface area contributed by atoms with Crippen LogP contribution in [-0.4, -0.2) is 21.7 Å². The number of rotatable bonds is 6. The quantitative estimate of drug-likeness (QED) is 0.303. The summed E-state index contributed by atoms with van der Waals surface area (Å²) < 4.78 is 0. The highest BCUT2D eigenvalue weighted by Gasteiger charge is 2.13. The first-order valence-electron chi connectivity index (χ1n) is 9.95. The Morgan fingerprint density at radius 2 is 1.00 bits per heavy atom. The van der Waals surface area contributed by atoms with Gasteiger partial charge in [-0.05, 0) is 47.2 Å². The number of hydrogen-bond acceptors (Lipinski definition) is 6. The van der Waals surface area contributed by atoms with E-state index in [1.54, 1.807) is 48.5 Å². The maximum absolute atomic E-state index is 12.6. The molecule has 0 saturated heterocycles. The van der Waals surface area contributed by atoms with Crippen molar-refractivity contribution < 1.29 is 19.4 Å². The van der Waals surface area contributed by atoms with Crippen LogP contribution in [0.25, 0.3) is 10.8 Å². The van der Waals surface area contributed by atoms with Crippen molar-refractivity contribution in [1.29, 1.82) is 0 Å². The average Bonchev–Trinajstić information content (AvgIpc) is 2.83. The van der Waals surface area contributed by atoms with Crippen LogP contribution in [0.1, 0.15) is 20.7 Å². The largest absolute Gasteiger partial charge is 0.322 e. The Morgan fingerprint density at radius 3 is 1.38 bits per heavy atom. The number of benzene rings is 4. The summed E-state index contributed by atoms with van der Waals surface area (Å²) in [5, 5.41) is 28.5. The molecular weight excluding hydrogens is 440 g/mol. The van der Waals surface area contributed by atoms with E-state index >= 15 is 0 Å². The lowest BCUT2D eigenvalue weighted by Crippen LogP contribution is -2.12. The maximum Gasteiger partial charge on any atom is 0.271 e. The maximum atomic E-state index is 12.6. The van der Waals surface area contributed by atoms with Gasteiger partial charge in [0, 0.05) is 46.8 Å². The normalized spacial score (nSPS) is 10.5. The van der Waals surface area contributed by atoms with Crippen LogP contribution in [-0.2, 0) is 0 Å². The average molecular weight is 456 g/mol. The SMILES string of the molecule is O=C(Nc1cccc([N+](=O)[O-])c1)c1ccc2cc(C(=O)Nc3cccc([N+](=O)[O-])c3)ccc2c1. The third-order valence-corrected chi connectivity index (χ3v) is 4.99. The van der Waals surface area contributed by atoms with E-state index < -0.39 is 21.7 Å². The smallest absolute Gasteiger partial charge is 0.271 e. The lowest BCUT2D eigenvalue weighted by atomic mass is 10.0. The van der Waals surface area contributed by atoms with Gasteiger partial charge in [-0.2, -0.15) is 0 Å². The summed E-state index contributed by atoms with van der Waals surface area (Å²) in [7, 11) is 0. The number of non-ortho nitro benzene ring substituents is 2. The van der Waals surface area contributed by atoms with E-state index in [0.29, 0.717) is 33.3 Å². The number of hydrogen-bond donors (Lipinski definition) is 2. The van der Waals surface area contributed by atoms with Crippen LogP contribution < -0.4 is 10.6 Å². The second-order valence-corrected chi connectivity index (χ2v) is 7.30. The molecule has 0 unspecified atom stereocenters. The molecule has 0 aliphatic carbocycles. The first-order chi connectivity index (χ1) is 16.3. The van der Waals surface area contributed by atoms with Gasteiger partial charge in [-0.3, -0.25) is 29.8 Å². The molecule has 0 aliphatic rings. The van der Waals surface area contributed by atoms with Gasteiger partial charge >= 0.3 is 0 Å². The molecule has 10 heteroatoms. The van der Waals surface area contributed by atoms with E-state index in [1.165, 1.54) is 36.4 Å². The molecular formula is C24H16N4O6. The number of nitrogens with one attached hydrogen (secondary N) is 2. The molecule has 0 fully saturated rings. The fourth-order valence-corrected chi connectivity index (χ4v) is 3.33. The van der Waals surface area contributed by atoms with Crippen molar-refractivity contribution in [2.24, 2.45) is 0 Å². The molecule has 0 aliphatic heterocycles. The van der Waals surface area contributed by atoms with Crippen molar-refractivity contribution in [3.8, 4) is 0 Å². The standard InChI is InChI=1S/C24H16N4O6/c29-23(25-19-3-1-5-21(13-19)27(31)32)17-9-7-16-12-18(10-8-15(16)11-17)24(30)26-20-4-2-6-22(14-20)28(33)34/h1-14H,(H,25,29)(H,26,30). The van der Waals surface area contributed by atoms with Gasteiger partial charge in [-0.1, -0.05) is 24.3 Å². The Morgan fingerprint density at radius 1 is 0.588 bits per heavy atom. The monoisotopic (exact) mass is 456 g/mol. The number of carbonyl (C=O) groups is 2. The van der Waals surface area contributed by atoms with Crippen molar-refractivity contribution in [2.45, 2.75) is 0 Å². The minimum Gasteiger partial charge on any atom is -0.322 e. The summed E-state index contributed by atoms with van der Waals surface area (Å²) in [5.41, 5.74) is 1.01. The molecule has 0 atom stereocenters. The highest BCUT2D eigenvalue weighted by Crippen LogP contribution is 2.22. The lowest BCUT2D eigenvalue weighted by molar-refractivity contribution is -0.385. The summed E-state index contributed by atoms with van der Waals surface area (Å²) in [6.45, 7) is 0. The second-order valence-electron chi connectivity index (χ2n) is 7.30. The highest BCUT2D eigenvalue weighted by molar-refractivity contribution is 6.09. The van der Waals surface area contributed by atoms with Gasteiger partial charge < -0.3 is 10.6 Å². The fourth-order valence-electron chi connectivity index (χ4n) is 3.33. The summed E-state index contributed by atoms with van der Waals surface area (Å²) in [6, 6.07) is 21.1. The van der Waals surface area contributed by atoms with Gasteiger partial charge in [0.15, 0.2) is 0 Å². The molecule has 4 aromatic carbocycles. The lowest BCUT2D eigenvalue weighted by Gasteiger charge is -2.08. The molecule has 0 aromatic heterocycles. The van der Waals surface area contributed by atoms with Gasteiger partial charge in [0.1, 0.15) is 0 Å². The Kier molecular flexibility index (Phi) is 5.95.